The first-order valence-electron chi connectivity index (χ1n) is 9.36. The Morgan fingerprint density at radius 2 is 2.11 bits per heavy atom. The highest BCUT2D eigenvalue weighted by atomic mass is 19.1. The summed E-state index contributed by atoms with van der Waals surface area (Å²) in [6.07, 6.45) is 5.90. The number of fused-ring (bicyclic) bond motifs is 3. The summed E-state index contributed by atoms with van der Waals surface area (Å²) in [4.78, 5) is 28.1. The largest absolute Gasteiger partial charge is 0.352 e. The average molecular weight is 370 g/mol. The first kappa shape index (κ1) is 17.7. The van der Waals surface area contributed by atoms with E-state index in [1.165, 1.54) is 12.1 Å². The summed E-state index contributed by atoms with van der Waals surface area (Å²) in [5.41, 5.74) is 8.46. The molecule has 2 aromatic rings. The van der Waals surface area contributed by atoms with Crippen molar-refractivity contribution in [1.29, 1.82) is 0 Å². The Labute approximate surface area is 156 Å². The van der Waals surface area contributed by atoms with E-state index >= 15 is 0 Å². The van der Waals surface area contributed by atoms with E-state index in [0.29, 0.717) is 34.3 Å². The van der Waals surface area contributed by atoms with Crippen LogP contribution in [-0.2, 0) is 4.79 Å². The molecule has 4 rings (SSSR count). The van der Waals surface area contributed by atoms with Crippen LogP contribution in [0.3, 0.4) is 0 Å². The molecule has 2 unspecified atom stereocenters. The van der Waals surface area contributed by atoms with Crippen LogP contribution in [0.4, 0.5) is 4.39 Å². The second kappa shape index (κ2) is 7.15. The van der Waals surface area contributed by atoms with Gasteiger partial charge in [0.1, 0.15) is 11.5 Å². The molecule has 2 amide bonds. The number of nitrogens with two attached hydrogens (primary N) is 1. The van der Waals surface area contributed by atoms with E-state index in [9.17, 15) is 14.0 Å². The molecule has 2 atom stereocenters. The molecule has 0 bridgehead atoms. The van der Waals surface area contributed by atoms with Crippen LogP contribution in [0.25, 0.3) is 16.5 Å². The molecular weight excluding hydrogens is 347 g/mol. The van der Waals surface area contributed by atoms with Gasteiger partial charge in [-0.1, -0.05) is 18.9 Å². The Hall–Kier alpha value is -2.67. The third kappa shape index (κ3) is 3.47. The number of H-pyrrole nitrogens is 1. The Balaban J connectivity index is 1.63. The first-order chi connectivity index (χ1) is 13.0. The van der Waals surface area contributed by atoms with Gasteiger partial charge in [0.15, 0.2) is 0 Å². The topological polar surface area (TPSA) is 100 Å². The molecule has 6 nitrogen and oxygen atoms in total. The normalized spacial score (nSPS) is 22.6. The number of hydrogen-bond acceptors (Lipinski definition) is 3. The van der Waals surface area contributed by atoms with Crippen molar-refractivity contribution in [2.24, 2.45) is 5.73 Å². The Morgan fingerprint density at radius 1 is 1.30 bits per heavy atom. The van der Waals surface area contributed by atoms with E-state index in [1.54, 1.807) is 6.07 Å². The monoisotopic (exact) mass is 370 g/mol. The van der Waals surface area contributed by atoms with Crippen LogP contribution >= 0.6 is 0 Å². The first-order valence-corrected chi connectivity index (χ1v) is 9.36. The minimum Gasteiger partial charge on any atom is -0.352 e. The van der Waals surface area contributed by atoms with Gasteiger partial charge in [-0.3, -0.25) is 9.59 Å². The van der Waals surface area contributed by atoms with Gasteiger partial charge in [-0.15, -0.1) is 0 Å². The van der Waals surface area contributed by atoms with E-state index in [-0.39, 0.29) is 36.1 Å². The molecule has 1 saturated carbocycles. The Morgan fingerprint density at radius 3 is 2.93 bits per heavy atom. The van der Waals surface area contributed by atoms with E-state index in [0.717, 1.165) is 25.7 Å². The fourth-order valence-electron chi connectivity index (χ4n) is 4.06. The quantitative estimate of drug-likeness (QED) is 0.666. The maximum Gasteiger partial charge on any atom is 0.268 e. The van der Waals surface area contributed by atoms with E-state index in [4.69, 9.17) is 5.73 Å². The highest BCUT2D eigenvalue weighted by Crippen LogP contribution is 2.32. The van der Waals surface area contributed by atoms with Crippen molar-refractivity contribution in [1.82, 2.24) is 15.6 Å². The van der Waals surface area contributed by atoms with Crippen molar-refractivity contribution in [2.45, 2.75) is 44.2 Å². The predicted molar refractivity (Wildman–Crippen MR) is 102 cm³/mol. The second-order valence-corrected chi connectivity index (χ2v) is 7.30. The van der Waals surface area contributed by atoms with Crippen molar-refractivity contribution in [3.8, 4) is 0 Å². The zero-order valence-electron chi connectivity index (χ0n) is 15.0. The number of carbonyl (C=O) groups is 2. The number of rotatable bonds is 3. The SMILES string of the molecule is NC1CCCCC1NC(=O)CC1=CCNC(=O)c2[nH]c3ccc(F)cc3c21. The fraction of sp³-hybridized carbons (Fsp3) is 0.400. The predicted octanol–water partition coefficient (Wildman–Crippen LogP) is 2.21. The van der Waals surface area contributed by atoms with Gasteiger partial charge in [0, 0.05) is 35.1 Å². The summed E-state index contributed by atoms with van der Waals surface area (Å²) in [5.74, 6) is -0.775. The van der Waals surface area contributed by atoms with Gasteiger partial charge in [-0.05, 0) is 36.6 Å². The molecule has 2 aliphatic rings. The van der Waals surface area contributed by atoms with Gasteiger partial charge in [0.05, 0.1) is 6.42 Å². The van der Waals surface area contributed by atoms with Crippen molar-refractivity contribution < 1.29 is 14.0 Å². The van der Waals surface area contributed by atoms with E-state index in [1.807, 2.05) is 6.08 Å². The van der Waals surface area contributed by atoms with Gasteiger partial charge in [-0.25, -0.2) is 4.39 Å². The number of benzene rings is 1. The van der Waals surface area contributed by atoms with Crippen molar-refractivity contribution in [3.05, 3.63) is 41.3 Å². The minimum atomic E-state index is -0.383. The summed E-state index contributed by atoms with van der Waals surface area (Å²) in [6, 6.07) is 4.30. The van der Waals surface area contributed by atoms with Crippen LogP contribution in [0, 0.1) is 5.82 Å². The second-order valence-electron chi connectivity index (χ2n) is 7.30. The molecule has 0 saturated heterocycles. The lowest BCUT2D eigenvalue weighted by atomic mass is 9.90. The van der Waals surface area contributed by atoms with Gasteiger partial charge < -0.3 is 21.4 Å². The van der Waals surface area contributed by atoms with Gasteiger partial charge in [0.25, 0.3) is 5.91 Å². The van der Waals surface area contributed by atoms with E-state index < -0.39 is 0 Å². The molecule has 142 valence electrons. The smallest absolute Gasteiger partial charge is 0.268 e. The minimum absolute atomic E-state index is 0.0164. The lowest BCUT2D eigenvalue weighted by Crippen LogP contribution is -2.49. The van der Waals surface area contributed by atoms with Crippen LogP contribution in [0.5, 0.6) is 0 Å². The average Bonchev–Trinajstić information content (AvgIpc) is 2.94. The summed E-state index contributed by atoms with van der Waals surface area (Å²) in [5, 5.41) is 6.42. The highest BCUT2D eigenvalue weighted by molar-refractivity contribution is 6.09. The maximum absolute atomic E-state index is 13.8. The molecule has 1 aliphatic carbocycles. The van der Waals surface area contributed by atoms with Crippen LogP contribution in [0.2, 0.25) is 0 Å². The van der Waals surface area contributed by atoms with Gasteiger partial charge >= 0.3 is 0 Å². The Kier molecular flexibility index (Phi) is 4.70. The summed E-state index contributed by atoms with van der Waals surface area (Å²) in [6.45, 7) is 0.323. The molecule has 1 aromatic carbocycles. The number of halogens is 1. The lowest BCUT2D eigenvalue weighted by molar-refractivity contribution is -0.121. The number of aromatic nitrogens is 1. The third-order valence-electron chi connectivity index (χ3n) is 5.44. The zero-order valence-corrected chi connectivity index (χ0v) is 15.0. The maximum atomic E-state index is 13.8. The molecular formula is C20H23FN4O2. The molecule has 5 N–H and O–H groups in total. The highest BCUT2D eigenvalue weighted by Gasteiger charge is 2.27. The van der Waals surface area contributed by atoms with Crippen LogP contribution in [-0.4, -0.2) is 35.4 Å². The zero-order chi connectivity index (χ0) is 19.0. The van der Waals surface area contributed by atoms with Gasteiger partial charge in [-0.2, -0.15) is 0 Å². The molecule has 2 heterocycles. The van der Waals surface area contributed by atoms with E-state index in [2.05, 4.69) is 15.6 Å². The van der Waals surface area contributed by atoms with Crippen LogP contribution in [0.1, 0.15) is 48.2 Å². The van der Waals surface area contributed by atoms with Crippen molar-refractivity contribution >= 4 is 28.3 Å². The van der Waals surface area contributed by atoms with Gasteiger partial charge in [0.2, 0.25) is 5.91 Å². The summed E-state index contributed by atoms with van der Waals surface area (Å²) >= 11 is 0. The van der Waals surface area contributed by atoms with Crippen molar-refractivity contribution in [2.75, 3.05) is 6.54 Å². The van der Waals surface area contributed by atoms with Crippen molar-refractivity contribution in [3.63, 3.8) is 0 Å². The molecule has 0 spiro atoms. The molecule has 7 heteroatoms. The molecule has 1 fully saturated rings. The molecule has 0 radical (unpaired) electrons. The number of carbonyl (C=O) groups excluding carboxylic acids is 2. The molecule has 1 aromatic heterocycles. The number of aromatic amines is 1. The summed E-state index contributed by atoms with van der Waals surface area (Å²) < 4.78 is 13.8. The number of hydrogen-bond donors (Lipinski definition) is 4. The third-order valence-corrected chi connectivity index (χ3v) is 5.44. The number of nitrogens with one attached hydrogen (secondary N) is 3. The molecule has 27 heavy (non-hydrogen) atoms. The molecule has 1 aliphatic heterocycles. The Bertz CT molecular complexity index is 933. The lowest BCUT2D eigenvalue weighted by Gasteiger charge is -2.29. The number of amides is 2. The fourth-order valence-corrected chi connectivity index (χ4v) is 4.06. The standard InChI is InChI=1S/C20H23FN4O2/c21-12-5-6-15-13(10-12)18-11(7-8-23-20(27)19(18)25-15)9-17(26)24-16-4-2-1-3-14(16)22/h5-7,10,14,16,25H,1-4,8-9,22H2,(H,23,27)(H,24,26). The summed E-state index contributed by atoms with van der Waals surface area (Å²) in [7, 11) is 0. The van der Waals surface area contributed by atoms with Crippen LogP contribution < -0.4 is 16.4 Å². The van der Waals surface area contributed by atoms with Crippen LogP contribution in [0.15, 0.2) is 24.3 Å².